The molecule has 0 radical (unpaired) electrons. The Hall–Kier alpha value is -1.78. The highest BCUT2D eigenvalue weighted by Gasteiger charge is 2.04. The predicted molar refractivity (Wildman–Crippen MR) is 50.7 cm³/mol. The molecule has 0 aliphatic carbocycles. The van der Waals surface area contributed by atoms with Gasteiger partial charge < -0.3 is 14.6 Å². The number of aliphatic carboxylic acids is 1. The molecule has 1 N–H and O–H groups in total. The van der Waals surface area contributed by atoms with Gasteiger partial charge in [-0.3, -0.25) is 4.79 Å². The van der Waals surface area contributed by atoms with Crippen LogP contribution in [-0.4, -0.2) is 24.8 Å². The smallest absolute Gasteiger partial charge is 0.306 e. The molecule has 5 heteroatoms. The van der Waals surface area contributed by atoms with Crippen LogP contribution in [0, 0.1) is 5.82 Å². The summed E-state index contributed by atoms with van der Waals surface area (Å²) < 4.78 is 22.9. The normalized spacial score (nSPS) is 9.73. The molecule has 0 atom stereocenters. The highest BCUT2D eigenvalue weighted by molar-refractivity contribution is 5.66. The van der Waals surface area contributed by atoms with Crippen LogP contribution in [0.1, 0.15) is 6.42 Å². The van der Waals surface area contributed by atoms with E-state index in [2.05, 4.69) is 0 Å². The zero-order chi connectivity index (χ0) is 11.3. The molecule has 1 aromatic rings. The predicted octanol–water partition coefficient (Wildman–Crippen LogP) is 1.69. The molecular weight excluding hydrogens is 203 g/mol. The van der Waals surface area contributed by atoms with E-state index in [4.69, 9.17) is 14.6 Å². The highest BCUT2D eigenvalue weighted by Crippen LogP contribution is 2.22. The van der Waals surface area contributed by atoms with E-state index in [0.29, 0.717) is 0 Å². The van der Waals surface area contributed by atoms with Crippen molar-refractivity contribution in [1.29, 1.82) is 0 Å². The van der Waals surface area contributed by atoms with Crippen molar-refractivity contribution < 1.29 is 23.8 Å². The highest BCUT2D eigenvalue weighted by atomic mass is 19.1. The lowest BCUT2D eigenvalue weighted by atomic mass is 10.3. The molecule has 4 nitrogen and oxygen atoms in total. The SMILES string of the molecule is COc1ccc(OCCC(=O)O)cc1F. The van der Waals surface area contributed by atoms with Gasteiger partial charge in [0.15, 0.2) is 11.6 Å². The molecule has 0 aliphatic heterocycles. The third-order valence-corrected chi connectivity index (χ3v) is 1.71. The summed E-state index contributed by atoms with van der Waals surface area (Å²) in [5.41, 5.74) is 0. The fourth-order valence-corrected chi connectivity index (χ4v) is 0.993. The van der Waals surface area contributed by atoms with Crippen molar-refractivity contribution in [3.05, 3.63) is 24.0 Å². The van der Waals surface area contributed by atoms with Gasteiger partial charge in [-0.2, -0.15) is 0 Å². The third-order valence-electron chi connectivity index (χ3n) is 1.71. The summed E-state index contributed by atoms with van der Waals surface area (Å²) in [6.07, 6.45) is -0.117. The Morgan fingerprint density at radius 3 is 2.80 bits per heavy atom. The van der Waals surface area contributed by atoms with Crippen LogP contribution in [0.5, 0.6) is 11.5 Å². The molecule has 0 saturated carbocycles. The van der Waals surface area contributed by atoms with Crippen molar-refractivity contribution in [1.82, 2.24) is 0 Å². The molecule has 0 unspecified atom stereocenters. The molecule has 0 bridgehead atoms. The van der Waals surface area contributed by atoms with Crippen LogP contribution in [0.3, 0.4) is 0 Å². The molecular formula is C10H11FO4. The lowest BCUT2D eigenvalue weighted by Gasteiger charge is -2.06. The Morgan fingerprint density at radius 1 is 1.53 bits per heavy atom. The Kier molecular flexibility index (Phi) is 3.91. The first-order valence-electron chi connectivity index (χ1n) is 4.31. The van der Waals surface area contributed by atoms with Gasteiger partial charge in [-0.15, -0.1) is 0 Å². The minimum absolute atomic E-state index is 0.0150. The van der Waals surface area contributed by atoms with E-state index in [9.17, 15) is 9.18 Å². The van der Waals surface area contributed by atoms with Crippen LogP contribution < -0.4 is 9.47 Å². The molecule has 0 heterocycles. The van der Waals surface area contributed by atoms with Crippen LogP contribution >= 0.6 is 0 Å². The molecule has 0 fully saturated rings. The molecule has 0 aromatic heterocycles. The number of carboxylic acid groups (broad SMARTS) is 1. The second-order valence-corrected chi connectivity index (χ2v) is 2.79. The first-order chi connectivity index (χ1) is 7.13. The summed E-state index contributed by atoms with van der Waals surface area (Å²) in [5, 5.41) is 8.35. The molecule has 0 saturated heterocycles. The van der Waals surface area contributed by atoms with E-state index in [1.54, 1.807) is 0 Å². The van der Waals surface area contributed by atoms with Crippen molar-refractivity contribution in [2.45, 2.75) is 6.42 Å². The number of halogens is 1. The number of benzene rings is 1. The fourth-order valence-electron chi connectivity index (χ4n) is 0.993. The van der Waals surface area contributed by atoms with Crippen molar-refractivity contribution in [2.24, 2.45) is 0 Å². The van der Waals surface area contributed by atoms with Gasteiger partial charge in [-0.1, -0.05) is 0 Å². The van der Waals surface area contributed by atoms with Crippen LogP contribution in [0.15, 0.2) is 18.2 Å². The van der Waals surface area contributed by atoms with Crippen molar-refractivity contribution in [3.63, 3.8) is 0 Å². The summed E-state index contributed by atoms with van der Waals surface area (Å²) in [4.78, 5) is 10.2. The quantitative estimate of drug-likeness (QED) is 0.810. The molecule has 0 spiro atoms. The zero-order valence-corrected chi connectivity index (χ0v) is 8.20. The van der Waals surface area contributed by atoms with Gasteiger partial charge in [0.05, 0.1) is 20.1 Å². The van der Waals surface area contributed by atoms with Crippen LogP contribution in [-0.2, 0) is 4.79 Å². The van der Waals surface area contributed by atoms with Gasteiger partial charge in [0, 0.05) is 6.07 Å². The number of carbonyl (C=O) groups is 1. The zero-order valence-electron chi connectivity index (χ0n) is 8.20. The lowest BCUT2D eigenvalue weighted by Crippen LogP contribution is -2.04. The molecule has 0 aliphatic rings. The number of carboxylic acids is 1. The second kappa shape index (κ2) is 5.19. The second-order valence-electron chi connectivity index (χ2n) is 2.79. The van der Waals surface area contributed by atoms with E-state index < -0.39 is 11.8 Å². The summed E-state index contributed by atoms with van der Waals surface area (Å²) in [6, 6.07) is 4.09. The molecule has 1 aromatic carbocycles. The fraction of sp³-hybridized carbons (Fsp3) is 0.300. The van der Waals surface area contributed by atoms with Gasteiger partial charge in [-0.05, 0) is 12.1 Å². The molecule has 0 amide bonds. The van der Waals surface area contributed by atoms with Crippen LogP contribution in [0.25, 0.3) is 0 Å². The summed E-state index contributed by atoms with van der Waals surface area (Å²) in [6.45, 7) is 0.0150. The first kappa shape index (κ1) is 11.3. The summed E-state index contributed by atoms with van der Waals surface area (Å²) in [7, 11) is 1.36. The van der Waals surface area contributed by atoms with Crippen molar-refractivity contribution >= 4 is 5.97 Å². The Labute approximate surface area is 86.2 Å². The van der Waals surface area contributed by atoms with Gasteiger partial charge >= 0.3 is 5.97 Å². The topological polar surface area (TPSA) is 55.8 Å². The minimum Gasteiger partial charge on any atom is -0.494 e. The van der Waals surface area contributed by atoms with E-state index >= 15 is 0 Å². The summed E-state index contributed by atoms with van der Waals surface area (Å²) in [5.74, 6) is -1.08. The molecule has 1 rings (SSSR count). The summed E-state index contributed by atoms with van der Waals surface area (Å²) >= 11 is 0. The number of hydrogen-bond acceptors (Lipinski definition) is 3. The first-order valence-corrected chi connectivity index (χ1v) is 4.31. The largest absolute Gasteiger partial charge is 0.494 e. The van der Waals surface area contributed by atoms with Crippen molar-refractivity contribution in [3.8, 4) is 11.5 Å². The monoisotopic (exact) mass is 214 g/mol. The lowest BCUT2D eigenvalue weighted by molar-refractivity contribution is -0.137. The van der Waals surface area contributed by atoms with E-state index in [1.807, 2.05) is 0 Å². The van der Waals surface area contributed by atoms with Crippen LogP contribution in [0.4, 0.5) is 4.39 Å². The number of methoxy groups -OCH3 is 1. The van der Waals surface area contributed by atoms with Gasteiger partial charge in [-0.25, -0.2) is 4.39 Å². The average Bonchev–Trinajstić information content (AvgIpc) is 2.17. The van der Waals surface area contributed by atoms with Gasteiger partial charge in [0.2, 0.25) is 0 Å². The minimum atomic E-state index is -0.955. The van der Waals surface area contributed by atoms with Crippen molar-refractivity contribution in [2.75, 3.05) is 13.7 Å². The van der Waals surface area contributed by atoms with E-state index in [-0.39, 0.29) is 24.5 Å². The average molecular weight is 214 g/mol. The number of rotatable bonds is 5. The maximum atomic E-state index is 13.1. The Bertz CT molecular complexity index is 351. The van der Waals surface area contributed by atoms with Gasteiger partial charge in [0.1, 0.15) is 5.75 Å². The molecule has 15 heavy (non-hydrogen) atoms. The van der Waals surface area contributed by atoms with E-state index in [1.165, 1.54) is 19.2 Å². The van der Waals surface area contributed by atoms with Gasteiger partial charge in [0.25, 0.3) is 0 Å². The maximum Gasteiger partial charge on any atom is 0.306 e. The number of ether oxygens (including phenoxy) is 2. The standard InChI is InChI=1S/C10H11FO4/c1-14-9-3-2-7(6-8(9)11)15-5-4-10(12)13/h2-3,6H,4-5H2,1H3,(H,12,13). The number of hydrogen-bond donors (Lipinski definition) is 1. The van der Waals surface area contributed by atoms with E-state index in [0.717, 1.165) is 6.07 Å². The van der Waals surface area contributed by atoms with Crippen LogP contribution in [0.2, 0.25) is 0 Å². The Morgan fingerprint density at radius 2 is 2.27 bits per heavy atom. The molecule has 82 valence electrons. The third kappa shape index (κ3) is 3.46. The Balaban J connectivity index is 2.55. The maximum absolute atomic E-state index is 13.1.